The Labute approximate surface area is 206 Å². The third kappa shape index (κ3) is 5.41. The van der Waals surface area contributed by atoms with Gasteiger partial charge in [-0.3, -0.25) is 9.59 Å². The summed E-state index contributed by atoms with van der Waals surface area (Å²) < 4.78 is 15.7. The molecule has 4 rings (SSSR count). The minimum Gasteiger partial charge on any atom is -0.592 e. The van der Waals surface area contributed by atoms with Crippen molar-refractivity contribution in [2.24, 2.45) is 11.3 Å². The van der Waals surface area contributed by atoms with Gasteiger partial charge in [0.15, 0.2) is 0 Å². The highest BCUT2D eigenvalue weighted by molar-refractivity contribution is 7.91. The molecule has 0 spiro atoms. The first-order valence-corrected chi connectivity index (χ1v) is 13.5. The molecule has 4 atom stereocenters. The van der Waals surface area contributed by atoms with Crippen LogP contribution in [-0.4, -0.2) is 50.4 Å². The van der Waals surface area contributed by atoms with Crippen molar-refractivity contribution in [1.82, 2.24) is 9.21 Å². The number of carboxylic acids is 1. The van der Waals surface area contributed by atoms with E-state index in [1.807, 2.05) is 58.0 Å². The zero-order valence-electron chi connectivity index (χ0n) is 18.8. The van der Waals surface area contributed by atoms with Crippen LogP contribution in [0.15, 0.2) is 46.0 Å². The molecule has 2 aromatic rings. The molecule has 1 aliphatic carbocycles. The molecule has 178 valence electrons. The van der Waals surface area contributed by atoms with Crippen LogP contribution in [0.1, 0.15) is 50.6 Å². The molecule has 2 fully saturated rings. The van der Waals surface area contributed by atoms with E-state index in [1.165, 1.54) is 11.3 Å². The van der Waals surface area contributed by atoms with Crippen LogP contribution in [0.3, 0.4) is 0 Å². The summed E-state index contributed by atoms with van der Waals surface area (Å²) in [6, 6.07) is 11.0. The quantitative estimate of drug-likeness (QED) is 0.483. The summed E-state index contributed by atoms with van der Waals surface area (Å²) >= 11 is 6.25. The number of carbonyl (C=O) groups is 2. The number of halogens is 1. The van der Waals surface area contributed by atoms with Crippen molar-refractivity contribution in [2.45, 2.75) is 55.3 Å². The zero-order chi connectivity index (χ0) is 23.8. The van der Waals surface area contributed by atoms with E-state index in [4.69, 9.17) is 11.6 Å². The average Bonchev–Trinajstić information content (AvgIpc) is 3.47. The lowest BCUT2D eigenvalue weighted by Crippen LogP contribution is -2.57. The third-order valence-electron chi connectivity index (χ3n) is 6.77. The van der Waals surface area contributed by atoms with E-state index in [0.717, 1.165) is 22.6 Å². The number of likely N-dealkylation sites (N-methyl/N-ethyl adjacent to an activating group) is 1. The number of thiophene rings is 1. The molecule has 1 aliphatic heterocycles. The molecule has 1 aromatic carbocycles. The average molecular weight is 509 g/mol. The topological polar surface area (TPSA) is 83.9 Å². The van der Waals surface area contributed by atoms with E-state index in [-0.39, 0.29) is 24.4 Å². The molecule has 0 radical (unpaired) electrons. The van der Waals surface area contributed by atoms with Crippen LogP contribution in [0.2, 0.25) is 5.02 Å². The van der Waals surface area contributed by atoms with E-state index in [0.29, 0.717) is 30.3 Å². The zero-order valence-corrected chi connectivity index (χ0v) is 21.2. The van der Waals surface area contributed by atoms with Crippen molar-refractivity contribution >= 4 is 46.2 Å². The van der Waals surface area contributed by atoms with Crippen molar-refractivity contribution < 1.29 is 19.2 Å². The highest BCUT2D eigenvalue weighted by Gasteiger charge is 2.51. The summed E-state index contributed by atoms with van der Waals surface area (Å²) in [5.74, 6) is -0.767. The van der Waals surface area contributed by atoms with Gasteiger partial charge in [0.25, 0.3) is 0 Å². The van der Waals surface area contributed by atoms with Gasteiger partial charge in [0.05, 0.1) is 41.8 Å². The minimum atomic E-state index is -1.31. The molecule has 2 aliphatic rings. The van der Waals surface area contributed by atoms with Gasteiger partial charge in [0.2, 0.25) is 10.1 Å². The van der Waals surface area contributed by atoms with Crippen molar-refractivity contribution in [3.8, 4) is 0 Å². The maximum absolute atomic E-state index is 13.9. The number of hydrogen-bond acceptors (Lipinski definition) is 5. The lowest BCUT2D eigenvalue weighted by Gasteiger charge is -2.48. The number of amides is 1. The van der Waals surface area contributed by atoms with E-state index in [2.05, 4.69) is 0 Å². The monoisotopic (exact) mass is 508 g/mol. The van der Waals surface area contributed by atoms with Crippen LogP contribution in [0, 0.1) is 11.3 Å². The first-order chi connectivity index (χ1) is 15.7. The van der Waals surface area contributed by atoms with Crippen LogP contribution in [-0.2, 0) is 21.0 Å². The van der Waals surface area contributed by atoms with E-state index in [1.54, 1.807) is 6.92 Å². The molecule has 1 saturated carbocycles. The predicted octanol–water partition coefficient (Wildman–Crippen LogP) is 4.98. The molecule has 6 nitrogen and oxygen atoms in total. The van der Waals surface area contributed by atoms with Gasteiger partial charge in [-0.25, -0.2) is 0 Å². The summed E-state index contributed by atoms with van der Waals surface area (Å²) in [6.07, 6.45) is 3.02. The Kier molecular flexibility index (Phi) is 7.41. The van der Waals surface area contributed by atoms with Gasteiger partial charge in [-0.15, -0.1) is 4.31 Å². The highest BCUT2D eigenvalue weighted by atomic mass is 35.5. The summed E-state index contributed by atoms with van der Waals surface area (Å²) in [5.41, 5.74) is 0.0470. The number of carbonyl (C=O) groups excluding carboxylic acids is 1. The lowest BCUT2D eigenvalue weighted by atomic mass is 9.74. The van der Waals surface area contributed by atoms with E-state index < -0.39 is 22.7 Å². The van der Waals surface area contributed by atoms with Gasteiger partial charge in [-0.05, 0) is 60.7 Å². The fraction of sp³-hybridized carbons (Fsp3) is 0.500. The maximum Gasteiger partial charge on any atom is 0.304 e. The van der Waals surface area contributed by atoms with Gasteiger partial charge < -0.3 is 14.6 Å². The van der Waals surface area contributed by atoms with Crippen LogP contribution in [0.5, 0.6) is 0 Å². The Bertz CT molecular complexity index is 983. The number of piperidine rings is 1. The molecule has 33 heavy (non-hydrogen) atoms. The minimum absolute atomic E-state index is 0.122. The molecule has 1 saturated heterocycles. The largest absolute Gasteiger partial charge is 0.592 e. The van der Waals surface area contributed by atoms with E-state index >= 15 is 0 Å². The number of benzene rings is 1. The van der Waals surface area contributed by atoms with Crippen LogP contribution in [0.4, 0.5) is 0 Å². The van der Waals surface area contributed by atoms with E-state index in [9.17, 15) is 19.2 Å². The van der Waals surface area contributed by atoms with Crippen molar-refractivity contribution in [3.05, 3.63) is 52.4 Å². The Morgan fingerprint density at radius 1 is 1.33 bits per heavy atom. The molecule has 1 N–H and O–H groups in total. The molecule has 2 unspecified atom stereocenters. The van der Waals surface area contributed by atoms with Crippen LogP contribution in [0.25, 0.3) is 0 Å². The molecule has 9 heteroatoms. The molecule has 1 aromatic heterocycles. The number of aliphatic carboxylic acids is 1. The molecular weight excluding hydrogens is 480 g/mol. The second kappa shape index (κ2) is 9.96. The summed E-state index contributed by atoms with van der Waals surface area (Å²) in [5, 5.41) is 12.0. The van der Waals surface area contributed by atoms with Crippen LogP contribution < -0.4 is 0 Å². The Balaban J connectivity index is 1.66. The maximum atomic E-state index is 13.9. The highest BCUT2D eigenvalue weighted by Crippen LogP contribution is 2.48. The summed E-state index contributed by atoms with van der Waals surface area (Å²) in [4.78, 5) is 27.5. The smallest absolute Gasteiger partial charge is 0.304 e. The second-order valence-electron chi connectivity index (χ2n) is 9.35. The number of nitrogens with zero attached hydrogens (tertiary/aromatic N) is 2. The summed E-state index contributed by atoms with van der Waals surface area (Å²) in [7, 11) is 1.83. The summed E-state index contributed by atoms with van der Waals surface area (Å²) in [6.45, 7) is 2.24. The first-order valence-electron chi connectivity index (χ1n) is 11.2. The lowest BCUT2D eigenvalue weighted by molar-refractivity contribution is -0.159. The Morgan fingerprint density at radius 2 is 2.03 bits per heavy atom. The number of rotatable bonds is 9. The van der Waals surface area contributed by atoms with Crippen molar-refractivity contribution in [1.29, 1.82) is 0 Å². The van der Waals surface area contributed by atoms with Gasteiger partial charge in [-0.2, -0.15) is 0 Å². The Hall–Kier alpha value is -1.58. The van der Waals surface area contributed by atoms with Gasteiger partial charge in [0, 0.05) is 18.1 Å². The Morgan fingerprint density at radius 3 is 2.61 bits per heavy atom. The fourth-order valence-corrected chi connectivity index (χ4v) is 7.08. The van der Waals surface area contributed by atoms with Gasteiger partial charge in [-0.1, -0.05) is 42.0 Å². The van der Waals surface area contributed by atoms with Gasteiger partial charge in [0.1, 0.15) is 0 Å². The number of carboxylic acid groups (broad SMARTS) is 1. The fourth-order valence-electron chi connectivity index (χ4n) is 4.84. The molecular formula is C24H29ClN2O4S2. The normalized spacial score (nSPS) is 25.3. The predicted molar refractivity (Wildman–Crippen MR) is 131 cm³/mol. The molecule has 0 bridgehead atoms. The van der Waals surface area contributed by atoms with Crippen molar-refractivity contribution in [2.75, 3.05) is 13.6 Å². The second-order valence-corrected chi connectivity index (χ2v) is 12.6. The van der Waals surface area contributed by atoms with Crippen molar-refractivity contribution in [3.63, 3.8) is 0 Å². The number of likely N-dealkylation sites (tertiary alicyclic amines) is 1. The molecule has 1 amide bonds. The standard InChI is InChI=1S/C24H29ClN2O4S2/c1-24(14-21(28)29)12-11-19(16-7-9-18(25)10-8-16)27(23(24)30)20(17-5-6-17)15-26(2)33(31)22-4-3-13-32-22/h3-4,7-10,13,17,19-20H,5-6,11-12,14-15H2,1-2H3,(H,28,29)/t19-,20?,24+,33?/m0/s1. The van der Waals surface area contributed by atoms with Gasteiger partial charge >= 0.3 is 5.97 Å². The van der Waals surface area contributed by atoms with Crippen LogP contribution >= 0.6 is 22.9 Å². The third-order valence-corrected chi connectivity index (χ3v) is 9.60. The number of hydrogen-bond donors (Lipinski definition) is 1. The first kappa shape index (κ1) is 24.5. The molecule has 2 heterocycles. The SMILES string of the molecule is CN(CC(C1CC1)N1C(=O)[C@@](C)(CC(=O)O)CC[C@H]1c1ccc(Cl)cc1)[S+]([O-])c1cccs1.